The summed E-state index contributed by atoms with van der Waals surface area (Å²) < 4.78 is 5.32. The number of carbonyl (C=O) groups excluding carboxylic acids is 1. The van der Waals surface area contributed by atoms with E-state index in [9.17, 15) is 20.0 Å². The first-order chi connectivity index (χ1) is 14.4. The molecule has 1 unspecified atom stereocenters. The fourth-order valence-corrected chi connectivity index (χ4v) is 3.59. The molecule has 1 saturated heterocycles. The first-order valence-corrected chi connectivity index (χ1v) is 9.89. The number of non-ortho nitro benzene ring substituents is 1. The molecule has 1 amide bonds. The molecule has 3 rings (SSSR count). The van der Waals surface area contributed by atoms with E-state index in [1.165, 1.54) is 12.1 Å². The molecule has 1 aromatic heterocycles. The molecule has 0 bridgehead atoms. The first kappa shape index (κ1) is 21.8. The van der Waals surface area contributed by atoms with E-state index in [-0.39, 0.29) is 17.3 Å². The minimum atomic E-state index is -0.842. The Morgan fingerprint density at radius 1 is 1.37 bits per heavy atom. The van der Waals surface area contributed by atoms with Crippen LogP contribution in [0.3, 0.4) is 0 Å². The molecule has 0 radical (unpaired) electrons. The van der Waals surface area contributed by atoms with Gasteiger partial charge in [-0.15, -0.1) is 0 Å². The van der Waals surface area contributed by atoms with E-state index in [1.54, 1.807) is 32.0 Å². The molecule has 30 heavy (non-hydrogen) atoms. The Morgan fingerprint density at radius 3 is 2.77 bits per heavy atom. The summed E-state index contributed by atoms with van der Waals surface area (Å²) in [5.41, 5.74) is 2.30. The first-order valence-electron chi connectivity index (χ1n) is 9.89. The molecule has 9 heteroatoms. The van der Waals surface area contributed by atoms with Gasteiger partial charge in [-0.3, -0.25) is 19.8 Å². The van der Waals surface area contributed by atoms with Gasteiger partial charge in [0.15, 0.2) is 0 Å². The van der Waals surface area contributed by atoms with Crippen molar-refractivity contribution >= 4 is 11.6 Å². The second kappa shape index (κ2) is 9.75. The number of nitrogens with zero attached hydrogens (tertiary/aromatic N) is 3. The molecule has 0 spiro atoms. The molecule has 1 fully saturated rings. The largest absolute Gasteiger partial charge is 0.389 e. The fraction of sp³-hybridized carbons (Fsp3) is 0.429. The maximum absolute atomic E-state index is 12.7. The third-order valence-corrected chi connectivity index (χ3v) is 5.08. The zero-order valence-electron chi connectivity index (χ0n) is 17.1. The van der Waals surface area contributed by atoms with Crippen molar-refractivity contribution in [2.75, 3.05) is 39.4 Å². The number of aromatic nitrogens is 1. The number of carbonyl (C=O) groups is 1. The van der Waals surface area contributed by atoms with Crippen LogP contribution in [0.15, 0.2) is 30.3 Å². The lowest BCUT2D eigenvalue weighted by molar-refractivity contribution is -0.384. The van der Waals surface area contributed by atoms with Crippen LogP contribution in [-0.4, -0.2) is 65.2 Å². The third kappa shape index (κ3) is 5.18. The second-order valence-corrected chi connectivity index (χ2v) is 7.25. The van der Waals surface area contributed by atoms with Crippen molar-refractivity contribution in [3.63, 3.8) is 0 Å². The standard InChI is InChI=1S/C21H26N4O5/c1-14-20(15(2)26)18(16-4-3-5-17(12-16)25(28)29)13-19(23-14)21(27)22-6-7-24-8-10-30-11-9-24/h3-5,12-13,15,26H,6-11H2,1-2H3,(H,22,27). The Labute approximate surface area is 174 Å². The number of aryl methyl sites for hydroxylation is 1. The lowest BCUT2D eigenvalue weighted by Crippen LogP contribution is -2.41. The van der Waals surface area contributed by atoms with E-state index >= 15 is 0 Å². The number of nitro benzene ring substituents is 1. The van der Waals surface area contributed by atoms with Crippen molar-refractivity contribution < 1.29 is 19.6 Å². The van der Waals surface area contributed by atoms with Gasteiger partial charge in [-0.1, -0.05) is 12.1 Å². The summed E-state index contributed by atoms with van der Waals surface area (Å²) in [7, 11) is 0. The topological polar surface area (TPSA) is 118 Å². The van der Waals surface area contributed by atoms with Crippen LogP contribution in [0.1, 0.15) is 34.8 Å². The molecule has 9 nitrogen and oxygen atoms in total. The highest BCUT2D eigenvalue weighted by Gasteiger charge is 2.20. The Bertz CT molecular complexity index is 926. The van der Waals surface area contributed by atoms with E-state index in [2.05, 4.69) is 15.2 Å². The third-order valence-electron chi connectivity index (χ3n) is 5.08. The molecular formula is C21H26N4O5. The maximum atomic E-state index is 12.7. The lowest BCUT2D eigenvalue weighted by Gasteiger charge is -2.26. The highest BCUT2D eigenvalue weighted by atomic mass is 16.6. The normalized spacial score (nSPS) is 15.6. The number of hydrogen-bond acceptors (Lipinski definition) is 7. The van der Waals surface area contributed by atoms with E-state index in [0.717, 1.165) is 19.6 Å². The summed E-state index contributed by atoms with van der Waals surface area (Å²) in [5.74, 6) is -0.324. The van der Waals surface area contributed by atoms with Gasteiger partial charge in [0.25, 0.3) is 11.6 Å². The summed E-state index contributed by atoms with van der Waals surface area (Å²) in [4.78, 5) is 30.0. The number of rotatable bonds is 7. The van der Waals surface area contributed by atoms with Crippen LogP contribution >= 0.6 is 0 Å². The second-order valence-electron chi connectivity index (χ2n) is 7.25. The average molecular weight is 414 g/mol. The number of ether oxygens (including phenoxy) is 1. The number of hydrogen-bond donors (Lipinski definition) is 2. The SMILES string of the molecule is Cc1nc(C(=O)NCCN2CCOCC2)cc(-c2cccc([N+](=O)[O-])c2)c1C(C)O. The van der Waals surface area contributed by atoms with Crippen molar-refractivity contribution in [2.24, 2.45) is 0 Å². The van der Waals surface area contributed by atoms with Crippen molar-refractivity contribution in [3.05, 3.63) is 57.4 Å². The van der Waals surface area contributed by atoms with Gasteiger partial charge >= 0.3 is 0 Å². The monoisotopic (exact) mass is 414 g/mol. The van der Waals surface area contributed by atoms with Crippen molar-refractivity contribution in [3.8, 4) is 11.1 Å². The van der Waals surface area contributed by atoms with Crippen LogP contribution in [0.2, 0.25) is 0 Å². The van der Waals surface area contributed by atoms with Crippen LogP contribution in [0, 0.1) is 17.0 Å². The van der Waals surface area contributed by atoms with Crippen LogP contribution in [-0.2, 0) is 4.74 Å². The number of amides is 1. The molecule has 2 N–H and O–H groups in total. The molecule has 1 atom stereocenters. The smallest absolute Gasteiger partial charge is 0.270 e. The molecule has 1 aromatic carbocycles. The van der Waals surface area contributed by atoms with Gasteiger partial charge in [0.1, 0.15) is 5.69 Å². The van der Waals surface area contributed by atoms with Gasteiger partial charge in [-0.05, 0) is 31.0 Å². The maximum Gasteiger partial charge on any atom is 0.270 e. The van der Waals surface area contributed by atoms with Crippen molar-refractivity contribution in [1.29, 1.82) is 0 Å². The summed E-state index contributed by atoms with van der Waals surface area (Å²) >= 11 is 0. The summed E-state index contributed by atoms with van der Waals surface area (Å²) in [6.45, 7) is 7.59. The summed E-state index contributed by atoms with van der Waals surface area (Å²) in [6, 6.07) is 7.71. The van der Waals surface area contributed by atoms with Gasteiger partial charge in [-0.25, -0.2) is 4.98 Å². The molecule has 2 heterocycles. The zero-order chi connectivity index (χ0) is 21.7. The van der Waals surface area contributed by atoms with Crippen molar-refractivity contribution in [1.82, 2.24) is 15.2 Å². The minimum Gasteiger partial charge on any atom is -0.389 e. The van der Waals surface area contributed by atoms with E-state index in [1.807, 2.05) is 0 Å². The van der Waals surface area contributed by atoms with Crippen LogP contribution in [0.4, 0.5) is 5.69 Å². The number of nitro groups is 1. The lowest BCUT2D eigenvalue weighted by atomic mass is 9.94. The molecule has 160 valence electrons. The van der Waals surface area contributed by atoms with Gasteiger partial charge in [-0.2, -0.15) is 0 Å². The zero-order valence-corrected chi connectivity index (χ0v) is 17.1. The van der Waals surface area contributed by atoms with Gasteiger partial charge in [0.2, 0.25) is 0 Å². The van der Waals surface area contributed by atoms with Gasteiger partial charge in [0, 0.05) is 49.6 Å². The molecule has 1 aliphatic rings. The van der Waals surface area contributed by atoms with E-state index < -0.39 is 11.0 Å². The minimum absolute atomic E-state index is 0.0602. The van der Waals surface area contributed by atoms with Crippen LogP contribution in [0.25, 0.3) is 11.1 Å². The summed E-state index contributed by atoms with van der Waals surface area (Å²) in [6.07, 6.45) is -0.842. The Hall–Kier alpha value is -2.88. The molecule has 0 saturated carbocycles. The quantitative estimate of drug-likeness (QED) is 0.526. The number of benzene rings is 1. The summed E-state index contributed by atoms with van der Waals surface area (Å²) in [5, 5.41) is 24.3. The predicted octanol–water partition coefficient (Wildman–Crippen LogP) is 2.08. The number of aliphatic hydroxyl groups excluding tert-OH is 1. The predicted molar refractivity (Wildman–Crippen MR) is 111 cm³/mol. The van der Waals surface area contributed by atoms with Gasteiger partial charge in [0.05, 0.1) is 24.2 Å². The highest BCUT2D eigenvalue weighted by molar-refractivity contribution is 5.94. The van der Waals surface area contributed by atoms with Gasteiger partial charge < -0.3 is 15.2 Å². The fourth-order valence-electron chi connectivity index (χ4n) is 3.59. The molecule has 0 aliphatic carbocycles. The Morgan fingerprint density at radius 2 is 2.10 bits per heavy atom. The highest BCUT2D eigenvalue weighted by Crippen LogP contribution is 2.32. The van der Waals surface area contributed by atoms with Crippen LogP contribution < -0.4 is 5.32 Å². The molecule has 1 aliphatic heterocycles. The molecule has 2 aromatic rings. The van der Waals surface area contributed by atoms with Crippen LogP contribution in [0.5, 0.6) is 0 Å². The average Bonchev–Trinajstić information content (AvgIpc) is 2.73. The van der Waals surface area contributed by atoms with E-state index in [0.29, 0.717) is 42.1 Å². The Kier molecular flexibility index (Phi) is 7.09. The van der Waals surface area contributed by atoms with E-state index in [4.69, 9.17) is 4.74 Å². The molecular weight excluding hydrogens is 388 g/mol. The number of nitrogens with one attached hydrogen (secondary N) is 1. The Balaban J connectivity index is 1.84. The van der Waals surface area contributed by atoms with Crippen molar-refractivity contribution in [2.45, 2.75) is 20.0 Å². The number of aliphatic hydroxyl groups is 1. The number of pyridine rings is 1. The number of morpholine rings is 1.